The lowest BCUT2D eigenvalue weighted by Gasteiger charge is -2.47. The molecule has 130 valence electrons. The van der Waals surface area contributed by atoms with Gasteiger partial charge in [0, 0.05) is 35.7 Å². The fourth-order valence-corrected chi connectivity index (χ4v) is 4.14. The molecule has 1 saturated carbocycles. The fourth-order valence-electron chi connectivity index (χ4n) is 3.79. The molecule has 0 bridgehead atoms. The largest absolute Gasteiger partial charge is 0.508 e. The molecule has 2 saturated heterocycles. The van der Waals surface area contributed by atoms with E-state index in [2.05, 4.69) is 25.7 Å². The molecule has 0 radical (unpaired) electrons. The third-order valence-electron chi connectivity index (χ3n) is 5.48. The number of morpholine rings is 1. The number of halogens is 1. The fraction of sp³-hybridized carbons (Fsp3) is 0.611. The third-order valence-corrected chi connectivity index (χ3v) is 5.97. The van der Waals surface area contributed by atoms with Crippen molar-refractivity contribution in [2.24, 2.45) is 0 Å². The molecule has 1 aromatic rings. The maximum absolute atomic E-state index is 12.0. The summed E-state index contributed by atoms with van der Waals surface area (Å²) in [5, 5.41) is 10.1. The van der Waals surface area contributed by atoms with E-state index in [9.17, 15) is 9.90 Å². The Morgan fingerprint density at radius 2 is 2.04 bits per heavy atom. The van der Waals surface area contributed by atoms with E-state index in [0.29, 0.717) is 11.8 Å². The van der Waals surface area contributed by atoms with E-state index in [-0.39, 0.29) is 18.1 Å². The number of ether oxygens (including phenoxy) is 1. The number of likely N-dealkylation sites (tertiary alicyclic amines) is 1. The van der Waals surface area contributed by atoms with Gasteiger partial charge < -0.3 is 14.7 Å². The first kappa shape index (κ1) is 16.4. The van der Waals surface area contributed by atoms with Gasteiger partial charge in [0.05, 0.1) is 12.1 Å². The maximum Gasteiger partial charge on any atom is 0.248 e. The Bertz CT molecular complexity index is 639. The first-order chi connectivity index (χ1) is 11.5. The predicted octanol–water partition coefficient (Wildman–Crippen LogP) is 2.51. The number of phenolic OH excluding ortho intramolecular Hbond substituents is 1. The molecule has 1 aliphatic carbocycles. The van der Waals surface area contributed by atoms with Crippen LogP contribution in [0.25, 0.3) is 0 Å². The molecule has 24 heavy (non-hydrogen) atoms. The van der Waals surface area contributed by atoms with Crippen molar-refractivity contribution in [3.05, 3.63) is 28.2 Å². The van der Waals surface area contributed by atoms with Crippen molar-refractivity contribution in [1.82, 2.24) is 9.80 Å². The predicted molar refractivity (Wildman–Crippen MR) is 93.7 cm³/mol. The van der Waals surface area contributed by atoms with E-state index in [1.54, 1.807) is 6.07 Å². The zero-order chi connectivity index (χ0) is 16.7. The Morgan fingerprint density at radius 1 is 1.29 bits per heavy atom. The van der Waals surface area contributed by atoms with Crippen LogP contribution in [0.15, 0.2) is 22.7 Å². The Kier molecular flexibility index (Phi) is 4.31. The molecule has 1 N–H and O–H groups in total. The van der Waals surface area contributed by atoms with E-state index < -0.39 is 0 Å². The average molecular weight is 395 g/mol. The van der Waals surface area contributed by atoms with E-state index in [0.717, 1.165) is 61.9 Å². The van der Waals surface area contributed by atoms with Crippen molar-refractivity contribution in [2.75, 3.05) is 26.2 Å². The highest BCUT2D eigenvalue weighted by Crippen LogP contribution is 2.36. The van der Waals surface area contributed by atoms with Crippen molar-refractivity contribution in [3.8, 4) is 5.75 Å². The number of carbonyl (C=O) groups is 1. The van der Waals surface area contributed by atoms with Crippen LogP contribution in [-0.2, 0) is 16.1 Å². The summed E-state index contributed by atoms with van der Waals surface area (Å²) in [6.07, 6.45) is 4.19. The number of carbonyl (C=O) groups excluding carboxylic acids is 1. The first-order valence-electron chi connectivity index (χ1n) is 8.68. The van der Waals surface area contributed by atoms with Gasteiger partial charge in [0.1, 0.15) is 12.4 Å². The summed E-state index contributed by atoms with van der Waals surface area (Å²) >= 11 is 3.37. The van der Waals surface area contributed by atoms with Crippen LogP contribution in [0, 0.1) is 0 Å². The molecule has 5 nitrogen and oxygen atoms in total. The van der Waals surface area contributed by atoms with Gasteiger partial charge in [-0.2, -0.15) is 0 Å². The smallest absolute Gasteiger partial charge is 0.248 e. The minimum Gasteiger partial charge on any atom is -0.508 e. The van der Waals surface area contributed by atoms with Gasteiger partial charge in [-0.15, -0.1) is 0 Å². The Morgan fingerprint density at radius 3 is 2.71 bits per heavy atom. The number of aromatic hydroxyl groups is 1. The van der Waals surface area contributed by atoms with Crippen LogP contribution in [0.1, 0.15) is 31.2 Å². The standard InChI is InChI=1S/C18H23BrN2O3/c19-14-2-1-13(16(22)9-14)10-20-7-5-18(6-8-20)12-21(15-3-4-15)17(23)11-24-18/h1-2,9,15,22H,3-8,10-12H2. The summed E-state index contributed by atoms with van der Waals surface area (Å²) < 4.78 is 6.88. The number of piperidine rings is 1. The van der Waals surface area contributed by atoms with Gasteiger partial charge in [-0.05, 0) is 37.8 Å². The van der Waals surface area contributed by atoms with Crippen LogP contribution in [0.4, 0.5) is 0 Å². The molecule has 6 heteroatoms. The second-order valence-corrected chi connectivity index (χ2v) is 8.19. The number of benzene rings is 1. The third kappa shape index (κ3) is 3.32. The zero-order valence-corrected chi connectivity index (χ0v) is 15.3. The average Bonchev–Trinajstić information content (AvgIpc) is 3.40. The minimum absolute atomic E-state index is 0.158. The van der Waals surface area contributed by atoms with Crippen LogP contribution in [-0.4, -0.2) is 58.7 Å². The highest BCUT2D eigenvalue weighted by molar-refractivity contribution is 9.10. The molecule has 0 aromatic heterocycles. The molecule has 0 atom stereocenters. The first-order valence-corrected chi connectivity index (χ1v) is 9.47. The highest BCUT2D eigenvalue weighted by Gasteiger charge is 2.46. The van der Waals surface area contributed by atoms with Crippen LogP contribution < -0.4 is 0 Å². The quantitative estimate of drug-likeness (QED) is 0.855. The molecule has 2 heterocycles. The monoisotopic (exact) mass is 394 g/mol. The molecular formula is C18H23BrN2O3. The summed E-state index contributed by atoms with van der Waals surface area (Å²) in [4.78, 5) is 16.4. The molecule has 0 unspecified atom stereocenters. The van der Waals surface area contributed by atoms with Gasteiger partial charge in [-0.25, -0.2) is 0 Å². The molecule has 1 spiro atoms. The van der Waals surface area contributed by atoms with Crippen molar-refractivity contribution >= 4 is 21.8 Å². The van der Waals surface area contributed by atoms with Crippen LogP contribution >= 0.6 is 15.9 Å². The van der Waals surface area contributed by atoms with E-state index in [1.165, 1.54) is 0 Å². The molecular weight excluding hydrogens is 372 g/mol. The summed E-state index contributed by atoms with van der Waals surface area (Å²) in [7, 11) is 0. The summed E-state index contributed by atoms with van der Waals surface area (Å²) in [6.45, 7) is 3.61. The Hall–Kier alpha value is -1.11. The topological polar surface area (TPSA) is 53.0 Å². The van der Waals surface area contributed by atoms with Gasteiger partial charge in [0.25, 0.3) is 0 Å². The molecule has 1 aromatic carbocycles. The number of phenols is 1. The SMILES string of the molecule is O=C1COC2(CCN(Cc3ccc(Br)cc3O)CC2)CN1C1CC1. The summed E-state index contributed by atoms with van der Waals surface area (Å²) in [6, 6.07) is 6.14. The Balaban J connectivity index is 1.37. The lowest BCUT2D eigenvalue weighted by molar-refractivity contribution is -0.172. The minimum atomic E-state index is -0.158. The highest BCUT2D eigenvalue weighted by atomic mass is 79.9. The summed E-state index contributed by atoms with van der Waals surface area (Å²) in [5.74, 6) is 0.495. The van der Waals surface area contributed by atoms with Crippen LogP contribution in [0.5, 0.6) is 5.75 Å². The van der Waals surface area contributed by atoms with Crippen molar-refractivity contribution in [3.63, 3.8) is 0 Å². The Labute approximate surface area is 150 Å². The second-order valence-electron chi connectivity index (χ2n) is 7.27. The van der Waals surface area contributed by atoms with Crippen LogP contribution in [0.2, 0.25) is 0 Å². The van der Waals surface area contributed by atoms with Crippen molar-refractivity contribution in [2.45, 2.75) is 43.9 Å². The molecule has 1 amide bonds. The van der Waals surface area contributed by atoms with E-state index >= 15 is 0 Å². The molecule has 3 aliphatic rings. The van der Waals surface area contributed by atoms with E-state index in [4.69, 9.17) is 4.74 Å². The van der Waals surface area contributed by atoms with Gasteiger partial charge in [0.2, 0.25) is 5.91 Å². The molecule has 4 rings (SSSR count). The van der Waals surface area contributed by atoms with Gasteiger partial charge in [-0.3, -0.25) is 9.69 Å². The normalized spacial score (nSPS) is 24.5. The van der Waals surface area contributed by atoms with Crippen molar-refractivity contribution < 1.29 is 14.6 Å². The number of rotatable bonds is 3. The van der Waals surface area contributed by atoms with Gasteiger partial charge >= 0.3 is 0 Å². The number of amides is 1. The molecule has 3 fully saturated rings. The van der Waals surface area contributed by atoms with E-state index in [1.807, 2.05) is 12.1 Å². The lowest BCUT2D eigenvalue weighted by Crippen LogP contribution is -2.59. The zero-order valence-electron chi connectivity index (χ0n) is 13.7. The molecule has 2 aliphatic heterocycles. The number of nitrogens with zero attached hydrogens (tertiary/aromatic N) is 2. The number of hydrogen-bond acceptors (Lipinski definition) is 4. The lowest BCUT2D eigenvalue weighted by atomic mass is 9.89. The van der Waals surface area contributed by atoms with Gasteiger partial charge in [0.15, 0.2) is 0 Å². The number of hydrogen-bond donors (Lipinski definition) is 1. The van der Waals surface area contributed by atoms with Gasteiger partial charge in [-0.1, -0.05) is 22.0 Å². The second kappa shape index (κ2) is 6.32. The summed E-state index contributed by atoms with van der Waals surface area (Å²) in [5.41, 5.74) is 0.794. The van der Waals surface area contributed by atoms with Crippen molar-refractivity contribution in [1.29, 1.82) is 0 Å². The van der Waals surface area contributed by atoms with Crippen LogP contribution in [0.3, 0.4) is 0 Å². The maximum atomic E-state index is 12.0.